The van der Waals surface area contributed by atoms with E-state index in [9.17, 15) is 21.6 Å². The lowest BCUT2D eigenvalue weighted by atomic mass is 10.1. The zero-order valence-electron chi connectivity index (χ0n) is 9.24. The van der Waals surface area contributed by atoms with Gasteiger partial charge in [0, 0.05) is 0 Å². The van der Waals surface area contributed by atoms with Gasteiger partial charge in [0.1, 0.15) is 0 Å². The molecule has 1 atom stereocenters. The Bertz CT molecular complexity index is 496. The van der Waals surface area contributed by atoms with Gasteiger partial charge < -0.3 is 0 Å². The van der Waals surface area contributed by atoms with Crippen LogP contribution in [0.15, 0.2) is 24.3 Å². The summed E-state index contributed by atoms with van der Waals surface area (Å²) in [6.45, 7) is -0.328. The standard InChI is InChI=1S/C10H10ClF3O3S/c1-18(15,16)17-6-9(11)7-2-4-8(5-3-7)10(12,13)14/h2-5,9H,6H2,1H3. The maximum absolute atomic E-state index is 12.3. The van der Waals surface area contributed by atoms with Crippen LogP contribution in [-0.4, -0.2) is 21.3 Å². The lowest BCUT2D eigenvalue weighted by Crippen LogP contribution is -2.09. The van der Waals surface area contributed by atoms with Gasteiger partial charge in [-0.1, -0.05) is 12.1 Å². The van der Waals surface area contributed by atoms with E-state index in [-0.39, 0.29) is 6.61 Å². The monoisotopic (exact) mass is 302 g/mol. The van der Waals surface area contributed by atoms with Gasteiger partial charge in [0.15, 0.2) is 0 Å². The Balaban J connectivity index is 2.74. The number of hydrogen-bond donors (Lipinski definition) is 0. The molecule has 0 aliphatic carbocycles. The number of benzene rings is 1. The van der Waals surface area contributed by atoms with Gasteiger partial charge >= 0.3 is 6.18 Å². The van der Waals surface area contributed by atoms with Gasteiger partial charge in [-0.05, 0) is 17.7 Å². The van der Waals surface area contributed by atoms with Crippen molar-refractivity contribution in [1.82, 2.24) is 0 Å². The maximum atomic E-state index is 12.3. The van der Waals surface area contributed by atoms with Crippen molar-refractivity contribution in [2.45, 2.75) is 11.6 Å². The fraction of sp³-hybridized carbons (Fsp3) is 0.400. The first-order chi connectivity index (χ1) is 8.09. The van der Waals surface area contributed by atoms with Crippen LogP contribution in [0.25, 0.3) is 0 Å². The van der Waals surface area contributed by atoms with Crippen molar-refractivity contribution in [3.05, 3.63) is 35.4 Å². The molecule has 0 heterocycles. The van der Waals surface area contributed by atoms with Gasteiger partial charge in [0.2, 0.25) is 0 Å². The molecule has 0 bridgehead atoms. The van der Waals surface area contributed by atoms with E-state index in [0.29, 0.717) is 5.56 Å². The van der Waals surface area contributed by atoms with Crippen LogP contribution in [0.1, 0.15) is 16.5 Å². The summed E-state index contributed by atoms with van der Waals surface area (Å²) < 4.78 is 62.8. The van der Waals surface area contributed by atoms with E-state index in [1.807, 2.05) is 0 Å². The van der Waals surface area contributed by atoms with Gasteiger partial charge in [0.25, 0.3) is 10.1 Å². The van der Waals surface area contributed by atoms with Crippen LogP contribution < -0.4 is 0 Å². The molecule has 0 aliphatic heterocycles. The highest BCUT2D eigenvalue weighted by molar-refractivity contribution is 7.85. The predicted octanol–water partition coefficient (Wildman–Crippen LogP) is 2.96. The summed E-state index contributed by atoms with van der Waals surface area (Å²) in [7, 11) is -3.62. The first kappa shape index (κ1) is 15.3. The van der Waals surface area contributed by atoms with E-state index in [4.69, 9.17) is 11.6 Å². The molecule has 0 radical (unpaired) electrons. The molecular weight excluding hydrogens is 293 g/mol. The molecule has 0 fully saturated rings. The Labute approximate surface area is 108 Å². The molecular formula is C10H10ClF3O3S. The van der Waals surface area contributed by atoms with Crippen LogP contribution in [0.3, 0.4) is 0 Å². The number of alkyl halides is 4. The second kappa shape index (κ2) is 5.46. The molecule has 0 saturated heterocycles. The first-order valence-corrected chi connectivity index (χ1v) is 7.00. The lowest BCUT2D eigenvalue weighted by Gasteiger charge is -2.11. The highest BCUT2D eigenvalue weighted by Gasteiger charge is 2.30. The first-order valence-electron chi connectivity index (χ1n) is 4.75. The van der Waals surface area contributed by atoms with Crippen molar-refractivity contribution in [2.24, 2.45) is 0 Å². The highest BCUT2D eigenvalue weighted by Crippen LogP contribution is 2.31. The highest BCUT2D eigenvalue weighted by atomic mass is 35.5. The molecule has 1 unspecified atom stereocenters. The van der Waals surface area contributed by atoms with Gasteiger partial charge in [0.05, 0.1) is 23.8 Å². The van der Waals surface area contributed by atoms with Crippen molar-refractivity contribution >= 4 is 21.7 Å². The third-order valence-corrected chi connectivity index (χ3v) is 2.97. The van der Waals surface area contributed by atoms with Crippen LogP contribution in [0.2, 0.25) is 0 Å². The molecule has 0 amide bonds. The topological polar surface area (TPSA) is 43.4 Å². The van der Waals surface area contributed by atoms with Crippen molar-refractivity contribution in [3.63, 3.8) is 0 Å². The average Bonchev–Trinajstić information content (AvgIpc) is 2.24. The maximum Gasteiger partial charge on any atom is 0.416 e. The van der Waals surface area contributed by atoms with Gasteiger partial charge in [-0.15, -0.1) is 11.6 Å². The van der Waals surface area contributed by atoms with Crippen LogP contribution >= 0.6 is 11.6 Å². The summed E-state index contributed by atoms with van der Waals surface area (Å²) in [6, 6.07) is 4.13. The molecule has 3 nitrogen and oxygen atoms in total. The summed E-state index contributed by atoms with van der Waals surface area (Å²) in [5.74, 6) is 0. The molecule has 1 rings (SSSR count). The van der Waals surface area contributed by atoms with Crippen LogP contribution in [-0.2, 0) is 20.5 Å². The Kier molecular flexibility index (Phi) is 4.63. The van der Waals surface area contributed by atoms with Gasteiger partial charge in [-0.2, -0.15) is 21.6 Å². The van der Waals surface area contributed by atoms with E-state index in [1.54, 1.807) is 0 Å². The van der Waals surface area contributed by atoms with Crippen LogP contribution in [0, 0.1) is 0 Å². The second-order valence-corrected chi connectivity index (χ2v) is 5.75. The van der Waals surface area contributed by atoms with E-state index in [2.05, 4.69) is 4.18 Å². The fourth-order valence-electron chi connectivity index (χ4n) is 1.16. The van der Waals surface area contributed by atoms with E-state index >= 15 is 0 Å². The minimum absolute atomic E-state index is 0.328. The van der Waals surface area contributed by atoms with E-state index < -0.39 is 27.2 Å². The molecule has 0 spiro atoms. The molecule has 1 aromatic carbocycles. The van der Waals surface area contributed by atoms with Crippen molar-refractivity contribution in [1.29, 1.82) is 0 Å². The van der Waals surface area contributed by atoms with Crippen LogP contribution in [0.4, 0.5) is 13.2 Å². The van der Waals surface area contributed by atoms with Crippen LogP contribution in [0.5, 0.6) is 0 Å². The zero-order valence-corrected chi connectivity index (χ0v) is 10.8. The van der Waals surface area contributed by atoms with Gasteiger partial charge in [-0.3, -0.25) is 4.18 Å². The minimum atomic E-state index is -4.41. The Morgan fingerprint density at radius 1 is 1.28 bits per heavy atom. The summed E-state index contributed by atoms with van der Waals surface area (Å²) in [5.41, 5.74) is -0.438. The SMILES string of the molecule is CS(=O)(=O)OCC(Cl)c1ccc(C(F)(F)F)cc1. The summed E-state index contributed by atoms with van der Waals surface area (Å²) in [6.07, 6.45) is -3.55. The number of hydrogen-bond acceptors (Lipinski definition) is 3. The van der Waals surface area contributed by atoms with E-state index in [1.165, 1.54) is 12.1 Å². The summed E-state index contributed by atoms with van der Waals surface area (Å²) in [5, 5.41) is -0.831. The minimum Gasteiger partial charge on any atom is -0.268 e. The Hall–Kier alpha value is -0.790. The molecule has 0 aromatic heterocycles. The zero-order chi connectivity index (χ0) is 14.0. The number of rotatable bonds is 4. The van der Waals surface area contributed by atoms with Crippen molar-refractivity contribution in [3.8, 4) is 0 Å². The van der Waals surface area contributed by atoms with Gasteiger partial charge in [-0.25, -0.2) is 0 Å². The molecule has 0 aliphatic rings. The van der Waals surface area contributed by atoms with Crippen molar-refractivity contribution < 1.29 is 25.8 Å². The fourth-order valence-corrected chi connectivity index (χ4v) is 1.83. The predicted molar refractivity (Wildman–Crippen MR) is 60.8 cm³/mol. The quantitative estimate of drug-likeness (QED) is 0.634. The molecule has 8 heteroatoms. The largest absolute Gasteiger partial charge is 0.416 e. The molecule has 18 heavy (non-hydrogen) atoms. The smallest absolute Gasteiger partial charge is 0.268 e. The second-order valence-electron chi connectivity index (χ2n) is 3.58. The lowest BCUT2D eigenvalue weighted by molar-refractivity contribution is -0.137. The molecule has 0 saturated carbocycles. The van der Waals surface area contributed by atoms with E-state index in [0.717, 1.165) is 18.4 Å². The third-order valence-electron chi connectivity index (χ3n) is 2.03. The summed E-state index contributed by atoms with van der Waals surface area (Å²) in [4.78, 5) is 0. The Morgan fingerprint density at radius 2 is 1.78 bits per heavy atom. The molecule has 102 valence electrons. The molecule has 0 N–H and O–H groups in total. The average molecular weight is 303 g/mol. The number of halogens is 4. The Morgan fingerprint density at radius 3 is 2.17 bits per heavy atom. The summed E-state index contributed by atoms with van der Waals surface area (Å²) >= 11 is 5.81. The van der Waals surface area contributed by atoms with Crippen molar-refractivity contribution in [2.75, 3.05) is 12.9 Å². The normalized spacial score (nSPS) is 14.5. The third kappa shape index (κ3) is 4.83. The molecule has 1 aromatic rings.